The largest absolute Gasteiger partial charge is 0.507 e. The van der Waals surface area contributed by atoms with Crippen molar-refractivity contribution in [2.24, 2.45) is 0 Å². The van der Waals surface area contributed by atoms with Crippen LogP contribution >= 0.6 is 11.3 Å². The monoisotopic (exact) mass is 404 g/mol. The molecule has 0 radical (unpaired) electrons. The third-order valence-electron chi connectivity index (χ3n) is 4.34. The van der Waals surface area contributed by atoms with Crippen LogP contribution in [-0.2, 0) is 11.3 Å². The van der Waals surface area contributed by atoms with Crippen molar-refractivity contribution in [3.8, 4) is 17.0 Å². The molecule has 1 amide bonds. The van der Waals surface area contributed by atoms with E-state index in [1.165, 1.54) is 16.2 Å². The maximum absolute atomic E-state index is 12.2. The molecule has 6 heteroatoms. The minimum atomic E-state index is -0.522. The summed E-state index contributed by atoms with van der Waals surface area (Å²) in [4.78, 5) is 18.4. The second kappa shape index (κ2) is 8.52. The summed E-state index contributed by atoms with van der Waals surface area (Å²) < 4.78 is 5.40. The van der Waals surface area contributed by atoms with Crippen LogP contribution < -0.4 is 0 Å². The van der Waals surface area contributed by atoms with Gasteiger partial charge in [-0.3, -0.25) is 0 Å². The van der Waals surface area contributed by atoms with Gasteiger partial charge in [0.2, 0.25) is 0 Å². The van der Waals surface area contributed by atoms with Gasteiger partial charge >= 0.3 is 6.09 Å². The zero-order valence-corrected chi connectivity index (χ0v) is 19.0. The van der Waals surface area contributed by atoms with Crippen molar-refractivity contribution >= 4 is 17.4 Å². The molecule has 0 atom stereocenters. The Morgan fingerprint density at radius 1 is 1.18 bits per heavy atom. The summed E-state index contributed by atoms with van der Waals surface area (Å²) in [5.74, 6) is 0.816. The van der Waals surface area contributed by atoms with E-state index in [1.807, 2.05) is 38.3 Å². The first-order chi connectivity index (χ1) is 12.9. The zero-order valence-electron chi connectivity index (χ0n) is 18.2. The van der Waals surface area contributed by atoms with Gasteiger partial charge in [0.25, 0.3) is 0 Å². The van der Waals surface area contributed by atoms with Crippen LogP contribution in [0.15, 0.2) is 17.5 Å². The smallest absolute Gasteiger partial charge is 0.410 e. The molecule has 1 aromatic carbocycles. The number of carbonyl (C=O) groups is 1. The summed E-state index contributed by atoms with van der Waals surface area (Å²) in [7, 11) is 1.71. The molecule has 0 aliphatic rings. The number of benzene rings is 1. The number of thiazole rings is 1. The molecule has 0 saturated heterocycles. The highest BCUT2D eigenvalue weighted by Gasteiger charge is 2.21. The minimum Gasteiger partial charge on any atom is -0.507 e. The van der Waals surface area contributed by atoms with Crippen molar-refractivity contribution < 1.29 is 14.6 Å². The van der Waals surface area contributed by atoms with E-state index < -0.39 is 5.60 Å². The molecule has 0 fully saturated rings. The summed E-state index contributed by atoms with van der Waals surface area (Å²) in [6.45, 7) is 14.2. The third kappa shape index (κ3) is 5.47. The normalized spacial score (nSPS) is 11.9. The SMILES string of the molecule is CC(C)c1cc(-c2csc(CN(C)C(=O)OC(C)(C)C)n2)cc(C(C)C)c1O. The molecule has 1 heterocycles. The predicted octanol–water partition coefficient (Wildman–Crippen LogP) is 6.13. The molecule has 1 aromatic heterocycles. The van der Waals surface area contributed by atoms with Gasteiger partial charge in [-0.15, -0.1) is 11.3 Å². The first-order valence-corrected chi connectivity index (χ1v) is 10.5. The van der Waals surface area contributed by atoms with Gasteiger partial charge in [0, 0.05) is 18.0 Å². The molecule has 0 bridgehead atoms. The van der Waals surface area contributed by atoms with Gasteiger partial charge in [0.05, 0.1) is 12.2 Å². The molecule has 0 aliphatic heterocycles. The van der Waals surface area contributed by atoms with E-state index in [2.05, 4.69) is 27.7 Å². The van der Waals surface area contributed by atoms with Gasteiger partial charge in [-0.2, -0.15) is 0 Å². The fourth-order valence-electron chi connectivity index (χ4n) is 2.83. The van der Waals surface area contributed by atoms with Crippen LogP contribution in [0.25, 0.3) is 11.3 Å². The summed E-state index contributed by atoms with van der Waals surface area (Å²) in [5, 5.41) is 13.4. The number of amides is 1. The number of nitrogens with zero attached hydrogens (tertiary/aromatic N) is 2. The number of ether oxygens (including phenoxy) is 1. The van der Waals surface area contributed by atoms with Gasteiger partial charge in [0.1, 0.15) is 16.4 Å². The fraction of sp³-hybridized carbons (Fsp3) is 0.545. The lowest BCUT2D eigenvalue weighted by Crippen LogP contribution is -2.33. The van der Waals surface area contributed by atoms with Gasteiger partial charge in [-0.25, -0.2) is 9.78 Å². The molecule has 0 aliphatic carbocycles. The van der Waals surface area contributed by atoms with Crippen LogP contribution in [0.5, 0.6) is 5.75 Å². The third-order valence-corrected chi connectivity index (χ3v) is 5.17. The van der Waals surface area contributed by atoms with Crippen molar-refractivity contribution in [3.05, 3.63) is 33.6 Å². The van der Waals surface area contributed by atoms with Crippen LogP contribution in [0.4, 0.5) is 4.79 Å². The Morgan fingerprint density at radius 3 is 2.18 bits per heavy atom. The first kappa shape index (κ1) is 22.2. The number of hydrogen-bond acceptors (Lipinski definition) is 5. The number of rotatable bonds is 5. The Bertz CT molecular complexity index is 806. The number of aromatic nitrogens is 1. The van der Waals surface area contributed by atoms with Gasteiger partial charge < -0.3 is 14.7 Å². The molecule has 2 rings (SSSR count). The first-order valence-electron chi connectivity index (χ1n) is 9.64. The quantitative estimate of drug-likeness (QED) is 0.651. The van der Waals surface area contributed by atoms with Crippen molar-refractivity contribution in [1.29, 1.82) is 0 Å². The van der Waals surface area contributed by atoms with Crippen LogP contribution in [0.1, 0.15) is 76.4 Å². The average Bonchev–Trinajstić information content (AvgIpc) is 3.01. The highest BCUT2D eigenvalue weighted by atomic mass is 32.1. The standard InChI is InChI=1S/C22H32N2O3S/c1-13(2)16-9-15(10-17(14(3)4)20(16)25)18-12-28-19(23-18)11-24(8)21(26)27-22(5,6)7/h9-10,12-14,25H,11H2,1-8H3. The Labute approximate surface area is 172 Å². The number of hydrogen-bond donors (Lipinski definition) is 1. The lowest BCUT2D eigenvalue weighted by molar-refractivity contribution is 0.0285. The highest BCUT2D eigenvalue weighted by Crippen LogP contribution is 2.38. The van der Waals surface area contributed by atoms with Crippen LogP contribution in [0.2, 0.25) is 0 Å². The Kier molecular flexibility index (Phi) is 6.75. The van der Waals surface area contributed by atoms with Gasteiger partial charge in [0.15, 0.2) is 0 Å². The molecule has 0 saturated carbocycles. The van der Waals surface area contributed by atoms with E-state index in [-0.39, 0.29) is 17.9 Å². The summed E-state index contributed by atoms with van der Waals surface area (Å²) in [6.07, 6.45) is -0.363. The predicted molar refractivity (Wildman–Crippen MR) is 115 cm³/mol. The number of carbonyl (C=O) groups excluding carboxylic acids is 1. The Morgan fingerprint density at radius 2 is 1.71 bits per heavy atom. The minimum absolute atomic E-state index is 0.217. The van der Waals surface area contributed by atoms with Gasteiger partial charge in [-0.05, 0) is 55.9 Å². The van der Waals surface area contributed by atoms with Crippen LogP contribution in [0.3, 0.4) is 0 Å². The molecular formula is C22H32N2O3S. The fourth-order valence-corrected chi connectivity index (χ4v) is 3.69. The van der Waals surface area contributed by atoms with E-state index in [9.17, 15) is 9.90 Å². The Balaban J connectivity index is 2.27. The topological polar surface area (TPSA) is 62.7 Å². The average molecular weight is 405 g/mol. The van der Waals surface area contributed by atoms with Crippen LogP contribution in [0, 0.1) is 0 Å². The second-order valence-corrected chi connectivity index (χ2v) is 9.72. The summed E-state index contributed by atoms with van der Waals surface area (Å²) in [6, 6.07) is 4.03. The second-order valence-electron chi connectivity index (χ2n) is 8.78. The zero-order chi connectivity index (χ0) is 21.2. The number of aromatic hydroxyl groups is 1. The molecule has 5 nitrogen and oxygen atoms in total. The number of phenols is 1. The molecule has 2 aromatic rings. The molecular weight excluding hydrogens is 372 g/mol. The molecule has 0 spiro atoms. The summed E-state index contributed by atoms with van der Waals surface area (Å²) in [5.41, 5.74) is 3.20. The van der Waals surface area contributed by atoms with E-state index in [4.69, 9.17) is 9.72 Å². The molecule has 154 valence electrons. The van der Waals surface area contributed by atoms with Crippen molar-refractivity contribution in [2.45, 2.75) is 72.4 Å². The lowest BCUT2D eigenvalue weighted by Gasteiger charge is -2.24. The highest BCUT2D eigenvalue weighted by molar-refractivity contribution is 7.09. The van der Waals surface area contributed by atoms with Crippen molar-refractivity contribution in [3.63, 3.8) is 0 Å². The lowest BCUT2D eigenvalue weighted by atomic mass is 9.91. The van der Waals surface area contributed by atoms with Gasteiger partial charge in [-0.1, -0.05) is 27.7 Å². The summed E-state index contributed by atoms with van der Waals surface area (Å²) >= 11 is 1.52. The van der Waals surface area contributed by atoms with Crippen LogP contribution in [-0.4, -0.2) is 33.7 Å². The number of phenolic OH excluding ortho intramolecular Hbond substituents is 1. The van der Waals surface area contributed by atoms with E-state index in [0.29, 0.717) is 12.3 Å². The molecule has 0 unspecified atom stereocenters. The van der Waals surface area contributed by atoms with Crippen molar-refractivity contribution in [1.82, 2.24) is 9.88 Å². The van der Waals surface area contributed by atoms with E-state index in [0.717, 1.165) is 27.4 Å². The maximum atomic E-state index is 12.2. The van der Waals surface area contributed by atoms with E-state index in [1.54, 1.807) is 7.05 Å². The molecule has 28 heavy (non-hydrogen) atoms. The van der Waals surface area contributed by atoms with Crippen molar-refractivity contribution in [2.75, 3.05) is 7.05 Å². The molecule has 1 N–H and O–H groups in total. The van der Waals surface area contributed by atoms with E-state index >= 15 is 0 Å². The maximum Gasteiger partial charge on any atom is 0.410 e. The Hall–Kier alpha value is -2.08.